The van der Waals surface area contributed by atoms with Crippen LogP contribution < -0.4 is 4.90 Å². The van der Waals surface area contributed by atoms with Crippen molar-refractivity contribution in [3.8, 4) is 11.4 Å². The second-order valence-corrected chi connectivity index (χ2v) is 8.67. The summed E-state index contributed by atoms with van der Waals surface area (Å²) in [6.45, 7) is 1.58. The lowest BCUT2D eigenvalue weighted by molar-refractivity contribution is -0.154. The van der Waals surface area contributed by atoms with Gasteiger partial charge in [-0.05, 0) is 56.0 Å². The number of piperidine rings is 1. The number of hydrogen-bond donors (Lipinski definition) is 2. The number of H-pyrrole nitrogens is 1. The van der Waals surface area contributed by atoms with Gasteiger partial charge in [0.1, 0.15) is 11.6 Å². The summed E-state index contributed by atoms with van der Waals surface area (Å²) >= 11 is 0. The highest BCUT2D eigenvalue weighted by atomic mass is 19.4. The molecule has 1 saturated heterocycles. The van der Waals surface area contributed by atoms with Gasteiger partial charge in [-0.15, -0.1) is 0 Å². The van der Waals surface area contributed by atoms with Crippen LogP contribution >= 0.6 is 0 Å². The van der Waals surface area contributed by atoms with E-state index in [1.54, 1.807) is 6.20 Å². The normalized spacial score (nSPS) is 21.8. The summed E-state index contributed by atoms with van der Waals surface area (Å²) in [5.41, 5.74) is 0.766. The van der Waals surface area contributed by atoms with Crippen LogP contribution in [0, 0.1) is 5.92 Å². The van der Waals surface area contributed by atoms with E-state index in [9.17, 15) is 18.0 Å². The highest BCUT2D eigenvalue weighted by molar-refractivity contribution is 5.80. The molecule has 1 saturated carbocycles. The summed E-state index contributed by atoms with van der Waals surface area (Å²) in [7, 11) is 0. The molecule has 1 aliphatic carbocycles. The van der Waals surface area contributed by atoms with Gasteiger partial charge in [-0.2, -0.15) is 13.2 Å². The van der Waals surface area contributed by atoms with Crippen molar-refractivity contribution in [2.24, 2.45) is 5.92 Å². The number of aromatic nitrogens is 3. The number of carboxylic acids is 1. The van der Waals surface area contributed by atoms with Crippen LogP contribution in [-0.4, -0.2) is 51.3 Å². The summed E-state index contributed by atoms with van der Waals surface area (Å²) < 4.78 is 44.9. The zero-order valence-corrected chi connectivity index (χ0v) is 17.7. The Balaban J connectivity index is 1.19. The minimum absolute atomic E-state index is 0.0519. The van der Waals surface area contributed by atoms with Gasteiger partial charge in [0.2, 0.25) is 0 Å². The van der Waals surface area contributed by atoms with Crippen LogP contribution in [0.2, 0.25) is 0 Å². The van der Waals surface area contributed by atoms with E-state index in [1.165, 1.54) is 6.07 Å². The number of fused-ring (bicyclic) bond motifs is 1. The second-order valence-electron chi connectivity index (χ2n) is 8.67. The van der Waals surface area contributed by atoms with E-state index in [1.807, 2.05) is 12.1 Å². The van der Waals surface area contributed by atoms with E-state index in [0.717, 1.165) is 43.9 Å². The largest absolute Gasteiger partial charge is 0.481 e. The zero-order valence-electron chi connectivity index (χ0n) is 17.7. The summed E-state index contributed by atoms with van der Waals surface area (Å²) in [6.07, 6.45) is 0.343. The average Bonchev–Trinajstić information content (AvgIpc) is 3.19. The molecule has 10 heteroatoms. The van der Waals surface area contributed by atoms with E-state index >= 15 is 0 Å². The molecule has 3 heterocycles. The number of aliphatic carboxylic acids is 1. The molecule has 174 valence electrons. The van der Waals surface area contributed by atoms with E-state index < -0.39 is 17.7 Å². The van der Waals surface area contributed by atoms with Gasteiger partial charge >= 0.3 is 12.1 Å². The van der Waals surface area contributed by atoms with Crippen LogP contribution in [0.4, 0.5) is 19.0 Å². The molecule has 0 amide bonds. The molecule has 5 rings (SSSR count). The molecular weight excluding hydrogens is 437 g/mol. The van der Waals surface area contributed by atoms with Crippen molar-refractivity contribution in [1.29, 1.82) is 0 Å². The van der Waals surface area contributed by atoms with E-state index in [-0.39, 0.29) is 18.1 Å². The fraction of sp³-hybridized carbons (Fsp3) is 0.435. The molecule has 1 aromatic carbocycles. The number of nitrogens with zero attached hydrogens (tertiary/aromatic N) is 3. The van der Waals surface area contributed by atoms with Crippen LogP contribution in [0.1, 0.15) is 31.2 Å². The first kappa shape index (κ1) is 21.7. The molecule has 3 aromatic rings. The fourth-order valence-corrected chi connectivity index (χ4v) is 4.41. The maximum Gasteiger partial charge on any atom is 0.416 e. The van der Waals surface area contributed by atoms with Crippen molar-refractivity contribution in [2.45, 2.75) is 44.1 Å². The third-order valence-electron chi connectivity index (χ3n) is 6.43. The quantitative estimate of drug-likeness (QED) is 0.583. The van der Waals surface area contributed by atoms with Gasteiger partial charge in [-0.3, -0.25) is 4.79 Å². The van der Waals surface area contributed by atoms with Crippen molar-refractivity contribution in [1.82, 2.24) is 15.0 Å². The number of benzene rings is 1. The zero-order chi connectivity index (χ0) is 23.2. The van der Waals surface area contributed by atoms with E-state index in [0.29, 0.717) is 35.3 Å². The molecule has 1 aliphatic heterocycles. The Morgan fingerprint density at radius 3 is 2.52 bits per heavy atom. The van der Waals surface area contributed by atoms with Crippen LogP contribution in [0.3, 0.4) is 0 Å². The maximum absolute atomic E-state index is 12.9. The van der Waals surface area contributed by atoms with Crippen LogP contribution in [-0.2, 0) is 15.7 Å². The molecule has 33 heavy (non-hydrogen) atoms. The number of alkyl halides is 3. The van der Waals surface area contributed by atoms with Crippen molar-refractivity contribution in [3.63, 3.8) is 0 Å². The van der Waals surface area contributed by atoms with E-state index in [2.05, 4.69) is 19.9 Å². The highest BCUT2D eigenvalue weighted by Crippen LogP contribution is 2.34. The predicted octanol–water partition coefficient (Wildman–Crippen LogP) is 4.49. The first-order valence-corrected chi connectivity index (χ1v) is 10.9. The Hall–Kier alpha value is -3.14. The Kier molecular flexibility index (Phi) is 5.48. The van der Waals surface area contributed by atoms with Crippen molar-refractivity contribution >= 4 is 22.8 Å². The Bertz CT molecular complexity index is 1150. The van der Waals surface area contributed by atoms with Crippen molar-refractivity contribution in [2.75, 3.05) is 18.0 Å². The molecule has 0 radical (unpaired) electrons. The molecule has 2 aliphatic rings. The topological polar surface area (TPSA) is 91.3 Å². The molecule has 2 N–H and O–H groups in total. The number of nitrogens with one attached hydrogen (secondary N) is 1. The number of carboxylic acid groups (broad SMARTS) is 1. The minimum atomic E-state index is -4.40. The van der Waals surface area contributed by atoms with Gasteiger partial charge in [-0.1, -0.05) is 0 Å². The van der Waals surface area contributed by atoms with Gasteiger partial charge in [0, 0.05) is 24.8 Å². The van der Waals surface area contributed by atoms with Crippen molar-refractivity contribution in [3.05, 3.63) is 42.1 Å². The monoisotopic (exact) mass is 460 g/mol. The number of rotatable bonds is 5. The molecule has 0 atom stereocenters. The number of imidazole rings is 1. The minimum Gasteiger partial charge on any atom is -0.481 e. The van der Waals surface area contributed by atoms with Crippen LogP contribution in [0.5, 0.6) is 0 Å². The lowest BCUT2D eigenvalue weighted by atomic mass is 9.82. The SMILES string of the molecule is O=C(O)C1CC(OC2CCN(c3ccc(-c4nc5ccc(C(F)(F)F)cc5[nH]4)cn3)CC2)C1. The Labute approximate surface area is 187 Å². The first-order valence-electron chi connectivity index (χ1n) is 10.9. The Morgan fingerprint density at radius 1 is 1.12 bits per heavy atom. The lowest BCUT2D eigenvalue weighted by Crippen LogP contribution is -2.43. The number of pyridine rings is 1. The smallest absolute Gasteiger partial charge is 0.416 e. The van der Waals surface area contributed by atoms with Gasteiger partial charge in [0.15, 0.2) is 0 Å². The number of halogens is 3. The van der Waals surface area contributed by atoms with E-state index in [4.69, 9.17) is 9.84 Å². The van der Waals surface area contributed by atoms with Gasteiger partial charge in [0.05, 0.1) is 34.7 Å². The predicted molar refractivity (Wildman–Crippen MR) is 115 cm³/mol. The van der Waals surface area contributed by atoms with Crippen LogP contribution in [0.15, 0.2) is 36.5 Å². The third-order valence-corrected chi connectivity index (χ3v) is 6.43. The number of hydrogen-bond acceptors (Lipinski definition) is 5. The molecule has 2 aromatic heterocycles. The number of carbonyl (C=O) groups is 1. The van der Waals surface area contributed by atoms with Gasteiger partial charge in [-0.25, -0.2) is 9.97 Å². The Morgan fingerprint density at radius 2 is 1.88 bits per heavy atom. The van der Waals surface area contributed by atoms with Gasteiger partial charge < -0.3 is 19.7 Å². The summed E-state index contributed by atoms with van der Waals surface area (Å²) in [5.74, 6) is 0.280. The molecule has 0 spiro atoms. The number of aromatic amines is 1. The van der Waals surface area contributed by atoms with Crippen LogP contribution in [0.25, 0.3) is 22.4 Å². The summed E-state index contributed by atoms with van der Waals surface area (Å²) in [5, 5.41) is 8.97. The average molecular weight is 460 g/mol. The molecular formula is C23H23F3N4O3. The lowest BCUT2D eigenvalue weighted by Gasteiger charge is -2.38. The third kappa shape index (κ3) is 4.52. The first-order chi connectivity index (χ1) is 15.8. The maximum atomic E-state index is 12.9. The fourth-order valence-electron chi connectivity index (χ4n) is 4.41. The molecule has 2 fully saturated rings. The highest BCUT2D eigenvalue weighted by Gasteiger charge is 2.37. The number of ether oxygens (including phenoxy) is 1. The number of anilines is 1. The summed E-state index contributed by atoms with van der Waals surface area (Å²) in [4.78, 5) is 24.9. The molecule has 0 bridgehead atoms. The van der Waals surface area contributed by atoms with Gasteiger partial charge in [0.25, 0.3) is 0 Å². The summed E-state index contributed by atoms with van der Waals surface area (Å²) in [6, 6.07) is 7.18. The second kappa shape index (κ2) is 8.33. The van der Waals surface area contributed by atoms with Crippen molar-refractivity contribution < 1.29 is 27.8 Å². The molecule has 7 nitrogen and oxygen atoms in total. The molecule has 0 unspecified atom stereocenters. The standard InChI is InChI=1S/C23H23F3N4O3/c24-23(25,26)15-2-3-18-19(11-15)29-21(28-18)13-1-4-20(27-12-13)30-7-5-16(6-8-30)33-17-9-14(10-17)22(31)32/h1-4,11-12,14,16-17H,5-10H2,(H,28,29)(H,31,32).